The lowest BCUT2D eigenvalue weighted by atomic mass is 10.1. The molecule has 0 heterocycles. The largest absolute Gasteiger partial charge is 0.464 e. The van der Waals surface area contributed by atoms with Gasteiger partial charge in [-0.15, -0.1) is 0 Å². The third kappa shape index (κ3) is 4.71. The summed E-state index contributed by atoms with van der Waals surface area (Å²) in [5.41, 5.74) is 7.05. The lowest BCUT2D eigenvalue weighted by Gasteiger charge is -2.12. The SMILES string of the molecule is CCOC(=O)C(C)NC(=O)c1ccc(CCN)cc1. The van der Waals surface area contributed by atoms with Crippen molar-refractivity contribution in [1.29, 1.82) is 0 Å². The van der Waals surface area contributed by atoms with E-state index in [0.29, 0.717) is 18.7 Å². The van der Waals surface area contributed by atoms with E-state index in [-0.39, 0.29) is 5.91 Å². The second-order valence-electron chi connectivity index (χ2n) is 4.18. The van der Waals surface area contributed by atoms with Crippen molar-refractivity contribution in [3.8, 4) is 0 Å². The summed E-state index contributed by atoms with van der Waals surface area (Å²) in [6.07, 6.45) is 0.779. The molecule has 0 aliphatic carbocycles. The Labute approximate surface area is 113 Å². The van der Waals surface area contributed by atoms with Gasteiger partial charge in [0.05, 0.1) is 6.61 Å². The number of nitrogens with one attached hydrogen (secondary N) is 1. The van der Waals surface area contributed by atoms with Gasteiger partial charge in [0.2, 0.25) is 0 Å². The molecule has 0 aromatic heterocycles. The van der Waals surface area contributed by atoms with Gasteiger partial charge in [-0.25, -0.2) is 4.79 Å². The maximum absolute atomic E-state index is 11.9. The summed E-state index contributed by atoms with van der Waals surface area (Å²) in [4.78, 5) is 23.3. The topological polar surface area (TPSA) is 81.4 Å². The van der Waals surface area contributed by atoms with Gasteiger partial charge in [-0.1, -0.05) is 12.1 Å². The molecule has 1 aromatic carbocycles. The average molecular weight is 264 g/mol. The quantitative estimate of drug-likeness (QED) is 0.747. The molecule has 1 aromatic rings. The van der Waals surface area contributed by atoms with Crippen LogP contribution in [-0.4, -0.2) is 31.1 Å². The predicted molar refractivity (Wildman–Crippen MR) is 72.8 cm³/mol. The molecule has 0 saturated heterocycles. The van der Waals surface area contributed by atoms with E-state index in [1.54, 1.807) is 26.0 Å². The standard InChI is InChI=1S/C14H20N2O3/c1-3-19-14(18)10(2)16-13(17)12-6-4-11(5-7-12)8-9-15/h4-7,10H,3,8-9,15H2,1-2H3,(H,16,17). The first kappa shape index (κ1) is 15.2. The van der Waals surface area contributed by atoms with Crippen LogP contribution in [0.1, 0.15) is 29.8 Å². The number of esters is 1. The molecule has 104 valence electrons. The Hall–Kier alpha value is -1.88. The second-order valence-corrected chi connectivity index (χ2v) is 4.18. The fraction of sp³-hybridized carbons (Fsp3) is 0.429. The molecule has 1 amide bonds. The molecule has 3 N–H and O–H groups in total. The lowest BCUT2D eigenvalue weighted by Crippen LogP contribution is -2.39. The molecular formula is C14H20N2O3. The van der Waals surface area contributed by atoms with Crippen LogP contribution in [0.25, 0.3) is 0 Å². The van der Waals surface area contributed by atoms with Gasteiger partial charge in [-0.3, -0.25) is 4.79 Å². The zero-order chi connectivity index (χ0) is 14.3. The van der Waals surface area contributed by atoms with Gasteiger partial charge in [0.1, 0.15) is 6.04 Å². The molecule has 19 heavy (non-hydrogen) atoms. The Bertz CT molecular complexity index is 429. The van der Waals surface area contributed by atoms with Crippen molar-refractivity contribution in [1.82, 2.24) is 5.32 Å². The van der Waals surface area contributed by atoms with E-state index in [2.05, 4.69) is 5.32 Å². The molecular weight excluding hydrogens is 244 g/mol. The first-order valence-corrected chi connectivity index (χ1v) is 6.35. The van der Waals surface area contributed by atoms with Crippen molar-refractivity contribution < 1.29 is 14.3 Å². The van der Waals surface area contributed by atoms with Crippen LogP contribution in [0.5, 0.6) is 0 Å². The molecule has 1 atom stereocenters. The van der Waals surface area contributed by atoms with Crippen LogP contribution >= 0.6 is 0 Å². The number of nitrogens with two attached hydrogens (primary N) is 1. The lowest BCUT2D eigenvalue weighted by molar-refractivity contribution is -0.144. The van der Waals surface area contributed by atoms with Gasteiger partial charge in [0, 0.05) is 5.56 Å². The Balaban J connectivity index is 2.60. The number of benzene rings is 1. The number of rotatable bonds is 6. The highest BCUT2D eigenvalue weighted by atomic mass is 16.5. The highest BCUT2D eigenvalue weighted by Gasteiger charge is 2.17. The molecule has 0 aliphatic heterocycles. The summed E-state index contributed by atoms with van der Waals surface area (Å²) in [6.45, 7) is 4.19. The number of carbonyl (C=O) groups is 2. The summed E-state index contributed by atoms with van der Waals surface area (Å²) >= 11 is 0. The summed E-state index contributed by atoms with van der Waals surface area (Å²) in [7, 11) is 0. The van der Waals surface area contributed by atoms with E-state index in [0.717, 1.165) is 12.0 Å². The fourth-order valence-electron chi connectivity index (χ4n) is 1.60. The van der Waals surface area contributed by atoms with Crippen LogP contribution in [0.2, 0.25) is 0 Å². The Morgan fingerprint density at radius 3 is 2.47 bits per heavy atom. The minimum Gasteiger partial charge on any atom is -0.464 e. The van der Waals surface area contributed by atoms with Gasteiger partial charge in [0.15, 0.2) is 0 Å². The smallest absolute Gasteiger partial charge is 0.328 e. The van der Waals surface area contributed by atoms with Crippen molar-refractivity contribution in [3.05, 3.63) is 35.4 Å². The molecule has 0 saturated carbocycles. The Kier molecular flexibility index (Phi) is 6.02. The number of hydrogen-bond donors (Lipinski definition) is 2. The van der Waals surface area contributed by atoms with Crippen molar-refractivity contribution >= 4 is 11.9 Å². The molecule has 5 heteroatoms. The van der Waals surface area contributed by atoms with Crippen molar-refractivity contribution in [3.63, 3.8) is 0 Å². The first-order chi connectivity index (χ1) is 9.08. The van der Waals surface area contributed by atoms with Crippen LogP contribution in [0.4, 0.5) is 0 Å². The monoisotopic (exact) mass is 264 g/mol. The third-order valence-corrected chi connectivity index (χ3v) is 2.64. The maximum Gasteiger partial charge on any atom is 0.328 e. The molecule has 0 fully saturated rings. The summed E-state index contributed by atoms with van der Waals surface area (Å²) in [5.74, 6) is -0.726. The van der Waals surface area contributed by atoms with Crippen molar-refractivity contribution in [2.75, 3.05) is 13.2 Å². The highest BCUT2D eigenvalue weighted by Crippen LogP contribution is 2.05. The first-order valence-electron chi connectivity index (χ1n) is 6.35. The van der Waals surface area contributed by atoms with Crippen molar-refractivity contribution in [2.24, 2.45) is 5.73 Å². The van der Waals surface area contributed by atoms with Crippen molar-refractivity contribution in [2.45, 2.75) is 26.3 Å². The van der Waals surface area contributed by atoms with Crippen LogP contribution in [0.3, 0.4) is 0 Å². The summed E-state index contributed by atoms with van der Waals surface area (Å²) < 4.78 is 4.82. The van der Waals surface area contributed by atoms with Crippen LogP contribution in [0.15, 0.2) is 24.3 Å². The van der Waals surface area contributed by atoms with Gasteiger partial charge in [0.25, 0.3) is 5.91 Å². The molecule has 1 unspecified atom stereocenters. The van der Waals surface area contributed by atoms with E-state index >= 15 is 0 Å². The van der Waals surface area contributed by atoms with E-state index in [1.807, 2.05) is 12.1 Å². The molecule has 0 bridgehead atoms. The summed E-state index contributed by atoms with van der Waals surface area (Å²) in [6, 6.07) is 6.50. The van der Waals surface area contributed by atoms with Crippen LogP contribution in [0, 0.1) is 0 Å². The molecule has 0 aliphatic rings. The Morgan fingerprint density at radius 1 is 1.32 bits per heavy atom. The minimum absolute atomic E-state index is 0.292. The number of hydrogen-bond acceptors (Lipinski definition) is 4. The van der Waals surface area contributed by atoms with Gasteiger partial charge >= 0.3 is 5.97 Å². The third-order valence-electron chi connectivity index (χ3n) is 2.64. The second kappa shape index (κ2) is 7.53. The predicted octanol–water partition coefficient (Wildman–Crippen LogP) is 0.869. The van der Waals surface area contributed by atoms with Crippen LogP contribution in [-0.2, 0) is 16.0 Å². The van der Waals surface area contributed by atoms with E-state index in [1.165, 1.54) is 0 Å². The van der Waals surface area contributed by atoms with E-state index in [9.17, 15) is 9.59 Å². The number of amides is 1. The van der Waals surface area contributed by atoms with Gasteiger partial charge < -0.3 is 15.8 Å². The average Bonchev–Trinajstić information content (AvgIpc) is 2.40. The normalized spacial score (nSPS) is 11.7. The number of ether oxygens (including phenoxy) is 1. The van der Waals surface area contributed by atoms with E-state index in [4.69, 9.17) is 10.5 Å². The molecule has 1 rings (SSSR count). The highest BCUT2D eigenvalue weighted by molar-refractivity contribution is 5.96. The molecule has 0 radical (unpaired) electrons. The zero-order valence-electron chi connectivity index (χ0n) is 11.3. The maximum atomic E-state index is 11.9. The van der Waals surface area contributed by atoms with E-state index < -0.39 is 12.0 Å². The zero-order valence-corrected chi connectivity index (χ0v) is 11.3. The molecule has 0 spiro atoms. The number of carbonyl (C=O) groups excluding carboxylic acids is 2. The Morgan fingerprint density at radius 2 is 1.95 bits per heavy atom. The van der Waals surface area contributed by atoms with Crippen LogP contribution < -0.4 is 11.1 Å². The minimum atomic E-state index is -0.656. The fourth-order valence-corrected chi connectivity index (χ4v) is 1.60. The molecule has 5 nitrogen and oxygen atoms in total. The summed E-state index contributed by atoms with van der Waals surface area (Å²) in [5, 5.41) is 2.59. The van der Waals surface area contributed by atoms with Gasteiger partial charge in [-0.05, 0) is 44.5 Å². The van der Waals surface area contributed by atoms with Gasteiger partial charge in [-0.2, -0.15) is 0 Å².